The quantitative estimate of drug-likeness (QED) is 0.0727. The highest BCUT2D eigenvalue weighted by Crippen LogP contribution is 2.54. The minimum Gasteiger partial charge on any atom is -0.378 e. The van der Waals surface area contributed by atoms with Crippen LogP contribution in [0.5, 0.6) is 0 Å². The number of hydrogen-bond donors (Lipinski definition) is 4. The van der Waals surface area contributed by atoms with Crippen LogP contribution >= 0.6 is 47.0 Å². The zero-order valence-corrected chi connectivity index (χ0v) is 50.6. The molecule has 0 saturated carbocycles. The fraction of sp³-hybridized carbons (Fsp3) is 0.312. The van der Waals surface area contributed by atoms with Gasteiger partial charge in [-0.25, -0.2) is 0 Å². The Labute approximate surface area is 497 Å². The van der Waals surface area contributed by atoms with Gasteiger partial charge in [0.05, 0.1) is 61.3 Å². The molecule has 82 heavy (non-hydrogen) atoms. The van der Waals surface area contributed by atoms with E-state index in [1.807, 2.05) is 26.0 Å². The van der Waals surface area contributed by atoms with E-state index in [2.05, 4.69) is 178 Å². The van der Waals surface area contributed by atoms with Crippen LogP contribution in [0.25, 0.3) is 22.5 Å². The predicted octanol–water partition coefficient (Wildman–Crippen LogP) is 12.6. The van der Waals surface area contributed by atoms with Crippen LogP contribution in [0.15, 0.2) is 182 Å². The normalized spacial score (nSPS) is 15.4. The molecule has 4 N–H and O–H groups in total. The van der Waals surface area contributed by atoms with Gasteiger partial charge in [-0.2, -0.15) is 0 Å². The Bertz CT molecular complexity index is 3440. The molecule has 0 bridgehead atoms. The second kappa shape index (κ2) is 26.4. The summed E-state index contributed by atoms with van der Waals surface area (Å²) in [5.41, 5.74) is 11.9. The van der Waals surface area contributed by atoms with E-state index in [0.29, 0.717) is 26.4 Å². The van der Waals surface area contributed by atoms with Gasteiger partial charge < -0.3 is 49.7 Å². The third-order valence-electron chi connectivity index (χ3n) is 14.6. The molecule has 8 heterocycles. The van der Waals surface area contributed by atoms with E-state index in [1.54, 1.807) is 59.2 Å². The number of hydrogen-bond acceptors (Lipinski definition) is 16. The fourth-order valence-corrected chi connectivity index (χ4v) is 15.3. The second-order valence-electron chi connectivity index (χ2n) is 21.4. The van der Waals surface area contributed by atoms with Crippen LogP contribution in [0.3, 0.4) is 0 Å². The average Bonchev–Trinajstić information content (AvgIpc) is 3.52. The monoisotopic (exact) mass is 1170 g/mol. The maximum atomic E-state index is 12.7. The van der Waals surface area contributed by atoms with Gasteiger partial charge in [-0.15, -0.1) is 0 Å². The van der Waals surface area contributed by atoms with Crippen LogP contribution in [-0.4, -0.2) is 124 Å². The van der Waals surface area contributed by atoms with E-state index in [4.69, 9.17) is 19.4 Å². The summed E-state index contributed by atoms with van der Waals surface area (Å²) in [7, 11) is 8.42. The number of H-pyrrole nitrogens is 2. The Hall–Kier alpha value is -6.48. The highest BCUT2D eigenvalue weighted by atomic mass is 32.2. The number of nitrogens with zero attached hydrogens (tertiary/aromatic N) is 6. The van der Waals surface area contributed by atoms with Crippen molar-refractivity contribution < 1.29 is 9.47 Å². The van der Waals surface area contributed by atoms with E-state index >= 15 is 0 Å². The first kappa shape index (κ1) is 57.3. The van der Waals surface area contributed by atoms with E-state index in [1.165, 1.54) is 39.2 Å². The van der Waals surface area contributed by atoms with Crippen molar-refractivity contribution in [3.63, 3.8) is 0 Å². The van der Waals surface area contributed by atoms with Crippen molar-refractivity contribution in [3.8, 4) is 22.5 Å². The highest BCUT2D eigenvalue weighted by Gasteiger charge is 2.26. The number of pyridine rings is 4. The third kappa shape index (κ3) is 14.1. The Morgan fingerprint density at radius 1 is 0.500 bits per heavy atom. The predicted molar refractivity (Wildman–Crippen MR) is 337 cm³/mol. The van der Waals surface area contributed by atoms with Crippen LogP contribution in [0.4, 0.5) is 22.7 Å². The van der Waals surface area contributed by atoms with Crippen LogP contribution < -0.4 is 31.6 Å². The molecule has 2 fully saturated rings. The number of benzene rings is 4. The highest BCUT2D eigenvalue weighted by molar-refractivity contribution is 8.05. The number of aryl methyl sites for hydroxylation is 2. The number of aromatic amines is 2. The van der Waals surface area contributed by atoms with Crippen molar-refractivity contribution in [2.75, 3.05) is 114 Å². The van der Waals surface area contributed by atoms with E-state index in [-0.39, 0.29) is 23.2 Å². The van der Waals surface area contributed by atoms with E-state index in [9.17, 15) is 9.59 Å². The smallest absolute Gasteiger partial charge is 0.250 e. The molecule has 424 valence electrons. The Morgan fingerprint density at radius 3 is 1.32 bits per heavy atom. The summed E-state index contributed by atoms with van der Waals surface area (Å²) in [5.74, 6) is 0. The van der Waals surface area contributed by atoms with Crippen molar-refractivity contribution in [1.82, 2.24) is 29.7 Å². The maximum Gasteiger partial charge on any atom is 0.250 e. The number of aromatic nitrogens is 4. The summed E-state index contributed by atoms with van der Waals surface area (Å²) < 4.78 is 11.0. The first-order valence-corrected chi connectivity index (χ1v) is 31.2. The minimum atomic E-state index is -0.0851. The Balaban J connectivity index is 0.000000172. The lowest BCUT2D eigenvalue weighted by molar-refractivity contribution is 0.122. The van der Waals surface area contributed by atoms with Crippen LogP contribution in [0.2, 0.25) is 0 Å². The molecule has 14 nitrogen and oxygen atoms in total. The number of fused-ring (bicyclic) bond motifs is 4. The average molecular weight is 1170 g/mol. The first-order chi connectivity index (χ1) is 39.8. The molecule has 0 radical (unpaired) electrons. The summed E-state index contributed by atoms with van der Waals surface area (Å²) in [4.78, 5) is 59.7. The van der Waals surface area contributed by atoms with Crippen molar-refractivity contribution in [2.45, 2.75) is 77.9 Å². The van der Waals surface area contributed by atoms with Gasteiger partial charge in [0.15, 0.2) is 0 Å². The van der Waals surface area contributed by atoms with Crippen LogP contribution in [0, 0.1) is 13.8 Å². The summed E-state index contributed by atoms with van der Waals surface area (Å²) in [6.45, 7) is 11.9. The number of ether oxygens (including phenoxy) is 2. The van der Waals surface area contributed by atoms with Gasteiger partial charge in [0.2, 0.25) is 11.1 Å². The van der Waals surface area contributed by atoms with Gasteiger partial charge in [0, 0.05) is 123 Å². The van der Waals surface area contributed by atoms with E-state index < -0.39 is 0 Å². The van der Waals surface area contributed by atoms with Crippen molar-refractivity contribution in [3.05, 3.63) is 177 Å². The lowest BCUT2D eigenvalue weighted by atomic mass is 10.1. The van der Waals surface area contributed by atoms with Crippen molar-refractivity contribution in [2.24, 2.45) is 0 Å². The van der Waals surface area contributed by atoms with Crippen molar-refractivity contribution >= 4 is 69.8 Å². The third-order valence-corrected chi connectivity index (χ3v) is 19.8. The van der Waals surface area contributed by atoms with Gasteiger partial charge >= 0.3 is 0 Å². The molecule has 18 heteroatoms. The van der Waals surface area contributed by atoms with Gasteiger partial charge in [0.25, 0.3) is 0 Å². The minimum absolute atomic E-state index is 0.0851. The lowest BCUT2D eigenvalue weighted by Crippen LogP contribution is -2.36. The van der Waals surface area contributed by atoms with Gasteiger partial charge in [-0.3, -0.25) is 19.6 Å². The van der Waals surface area contributed by atoms with Gasteiger partial charge in [-0.05, 0) is 153 Å². The fourth-order valence-electron chi connectivity index (χ4n) is 10.4. The summed E-state index contributed by atoms with van der Waals surface area (Å²) in [5, 5.41) is 7.54. The molecule has 4 aromatic heterocycles. The van der Waals surface area contributed by atoms with Crippen LogP contribution in [-0.2, 0) is 9.47 Å². The lowest BCUT2D eigenvalue weighted by Gasteiger charge is -2.29. The summed E-state index contributed by atoms with van der Waals surface area (Å²) in [6, 6.07) is 46.2. The molecule has 0 aliphatic carbocycles. The zero-order valence-electron chi connectivity index (χ0n) is 47.3. The van der Waals surface area contributed by atoms with Crippen molar-refractivity contribution in [1.29, 1.82) is 0 Å². The number of rotatable bonds is 16. The molecule has 12 rings (SSSR count). The molecule has 4 aliphatic rings. The van der Waals surface area contributed by atoms with Crippen LogP contribution in [0.1, 0.15) is 47.7 Å². The molecule has 8 aromatic rings. The van der Waals surface area contributed by atoms with Gasteiger partial charge in [-0.1, -0.05) is 83.4 Å². The number of morpholine rings is 2. The molecule has 2 unspecified atom stereocenters. The largest absolute Gasteiger partial charge is 0.378 e. The topological polar surface area (TPSA) is 147 Å². The summed E-state index contributed by atoms with van der Waals surface area (Å²) >= 11 is 7.10. The first-order valence-electron chi connectivity index (χ1n) is 28.0. The molecular formula is C64H70N10O4S4. The zero-order chi connectivity index (χ0) is 56.7. The Morgan fingerprint density at radius 2 is 0.915 bits per heavy atom. The molecular weight excluding hydrogens is 1100 g/mol. The molecule has 0 amide bonds. The molecule has 4 aromatic carbocycles. The number of nitrogens with one attached hydrogen (secondary N) is 4. The Kier molecular flexibility index (Phi) is 18.5. The summed E-state index contributed by atoms with van der Waals surface area (Å²) in [6.07, 6.45) is 1.91. The second-order valence-corrected chi connectivity index (χ2v) is 25.7. The molecule has 4 aliphatic heterocycles. The SMILES string of the molecule is Cc1cccc(C(CCN(C)C)Nc2ccc3c(c2)Sc2cccc(-c4cc(N5CCOCC5)cc(=O)[nH]4)c2S3)n1.Cc1cccc(C(CCN(C)C)Nc2ccc3c(c2)Sc2cccc(-c4cc(N5CCOCC5)cc(=O)[nH]4)c2S3)n1. The molecule has 2 atom stereocenters. The molecule has 2 saturated heterocycles. The van der Waals surface area contributed by atoms with E-state index in [0.717, 1.165) is 120 Å². The maximum absolute atomic E-state index is 12.7. The van der Waals surface area contributed by atoms with Gasteiger partial charge in [0.1, 0.15) is 0 Å². The number of anilines is 4. The standard InChI is InChI=1S/2C32H35N5O2S2/c2*1-21-6-4-8-25(33-21)26(12-13-36(2)3)34-22-10-11-28-30(18-22)40-29-9-5-7-24(32(29)41-28)27-19-23(20-31(38)35-27)37-14-16-39-17-15-37/h2*4-11,18-20,26,34H,12-17H2,1-3H3,(H,35,38). The molecule has 0 spiro atoms.